The van der Waals surface area contributed by atoms with Crippen molar-refractivity contribution in [3.05, 3.63) is 65.1 Å². The molecule has 1 aromatic rings. The number of hydrazine groups is 1. The summed E-state index contributed by atoms with van der Waals surface area (Å²) in [5.74, 6) is 6.49. The number of hydrogen-bond donors (Lipinski definition) is 3. The number of hydrogen-bond acceptors (Lipinski definition) is 5. The van der Waals surface area contributed by atoms with E-state index in [4.69, 9.17) is 11.6 Å². The number of Topliss-reactive ketones (excluding diaryl/α,β-unsaturated/α-hetero) is 1. The van der Waals surface area contributed by atoms with E-state index in [1.54, 1.807) is 30.3 Å². The average Bonchev–Trinajstić information content (AvgIpc) is 2.79. The Labute approximate surface area is 199 Å². The van der Waals surface area contributed by atoms with E-state index < -0.39 is 0 Å². The van der Waals surface area contributed by atoms with Gasteiger partial charge in [0.15, 0.2) is 5.78 Å². The van der Waals surface area contributed by atoms with E-state index in [1.165, 1.54) is 6.07 Å². The van der Waals surface area contributed by atoms with Gasteiger partial charge in [0.25, 0.3) is 0 Å². The highest BCUT2D eigenvalue weighted by atomic mass is 19.1. The molecule has 33 heavy (non-hydrogen) atoms. The molecule has 0 bridgehead atoms. The quantitative estimate of drug-likeness (QED) is 0.144. The van der Waals surface area contributed by atoms with E-state index >= 15 is 0 Å². The van der Waals surface area contributed by atoms with Crippen molar-refractivity contribution in [3.63, 3.8) is 0 Å². The van der Waals surface area contributed by atoms with Crippen LogP contribution >= 0.6 is 0 Å². The Kier molecular flexibility index (Phi) is 12.7. The molecule has 0 aromatic heterocycles. The van der Waals surface area contributed by atoms with E-state index in [1.807, 2.05) is 13.8 Å². The monoisotopic (exact) mass is 459 g/mol. The lowest BCUT2D eigenvalue weighted by atomic mass is 9.87. The molecule has 0 fully saturated rings. The normalized spacial score (nSPS) is 14.2. The van der Waals surface area contributed by atoms with Gasteiger partial charge in [0.2, 0.25) is 0 Å². The van der Waals surface area contributed by atoms with Gasteiger partial charge in [-0.15, -0.1) is 0 Å². The summed E-state index contributed by atoms with van der Waals surface area (Å²) in [5, 5.41) is 10.8. The Bertz CT molecular complexity index is 848. The van der Waals surface area contributed by atoms with Crippen molar-refractivity contribution in [2.24, 2.45) is 23.4 Å². The first-order valence-electron chi connectivity index (χ1n) is 11.9. The third-order valence-electron chi connectivity index (χ3n) is 6.06. The van der Waals surface area contributed by atoms with Crippen LogP contribution in [0.2, 0.25) is 0 Å². The van der Waals surface area contributed by atoms with Gasteiger partial charge in [-0.25, -0.2) is 10.2 Å². The number of ketones is 1. The van der Waals surface area contributed by atoms with Crippen LogP contribution in [-0.2, 0) is 4.79 Å². The second-order valence-electron chi connectivity index (χ2n) is 8.89. The largest absolute Gasteiger partial charge is 0.397 e. The number of aliphatic hydroxyl groups excluding tert-OH is 1. The lowest BCUT2D eigenvalue weighted by Gasteiger charge is -2.21. The van der Waals surface area contributed by atoms with Gasteiger partial charge in [0.05, 0.1) is 12.2 Å². The molecule has 0 aliphatic heterocycles. The fourth-order valence-corrected chi connectivity index (χ4v) is 3.71. The summed E-state index contributed by atoms with van der Waals surface area (Å²) in [7, 11) is 0. The maximum Gasteiger partial charge on any atom is 0.158 e. The standard InChI is InChI=1S/C27H42FN3O2/c1-6-23(21(5)27(33)7-2)12-11-22(10-8-9-19(3)18-32)16-31(30)17-26(29)24-13-14-25(28)20(4)15-24/h10,13-15,17,19,23,32H,5-9,11-12,16,18,29-30H2,1-4H3/b22-10+,26-17-. The molecule has 5 nitrogen and oxygen atoms in total. The maximum absolute atomic E-state index is 13.6. The van der Waals surface area contributed by atoms with E-state index in [2.05, 4.69) is 19.6 Å². The van der Waals surface area contributed by atoms with Crippen molar-refractivity contribution in [1.29, 1.82) is 0 Å². The smallest absolute Gasteiger partial charge is 0.158 e. The molecule has 0 aliphatic carbocycles. The number of rotatable bonds is 15. The Morgan fingerprint density at radius 2 is 2.00 bits per heavy atom. The minimum atomic E-state index is -0.271. The van der Waals surface area contributed by atoms with Gasteiger partial charge >= 0.3 is 0 Å². The van der Waals surface area contributed by atoms with Crippen LogP contribution in [0, 0.1) is 24.6 Å². The van der Waals surface area contributed by atoms with Crippen molar-refractivity contribution >= 4 is 11.5 Å². The predicted octanol–water partition coefficient (Wildman–Crippen LogP) is 5.24. The summed E-state index contributed by atoms with van der Waals surface area (Å²) in [5.41, 5.74) is 9.76. The average molecular weight is 460 g/mol. The van der Waals surface area contributed by atoms with Gasteiger partial charge in [-0.2, -0.15) is 0 Å². The van der Waals surface area contributed by atoms with Crippen LogP contribution in [-0.4, -0.2) is 29.1 Å². The molecule has 0 saturated carbocycles. The van der Waals surface area contributed by atoms with Crippen LogP contribution in [0.1, 0.15) is 70.4 Å². The Balaban J connectivity index is 2.93. The Hall–Kier alpha value is -2.44. The second-order valence-corrected chi connectivity index (χ2v) is 8.89. The highest BCUT2D eigenvalue weighted by Crippen LogP contribution is 2.24. The highest BCUT2D eigenvalue weighted by molar-refractivity contribution is 5.94. The number of nitrogens with zero attached hydrogens (tertiary/aromatic N) is 1. The number of allylic oxidation sites excluding steroid dienone is 2. The number of aliphatic hydroxyl groups is 1. The molecule has 6 heteroatoms. The van der Waals surface area contributed by atoms with E-state index in [0.717, 1.165) is 37.7 Å². The van der Waals surface area contributed by atoms with Crippen LogP contribution in [0.25, 0.3) is 5.70 Å². The lowest BCUT2D eigenvalue weighted by Crippen LogP contribution is -2.28. The summed E-state index contributed by atoms with van der Waals surface area (Å²) in [6, 6.07) is 4.73. The molecular formula is C27H42FN3O2. The van der Waals surface area contributed by atoms with Crippen LogP contribution in [0.3, 0.4) is 0 Å². The van der Waals surface area contributed by atoms with Crippen LogP contribution in [0.15, 0.2) is 48.2 Å². The SMILES string of the molecule is C=C(C(=O)CC)C(CC)CC/C(=C\CCC(C)CO)CN(N)/C=C(\N)c1ccc(F)c(C)c1. The molecule has 1 aromatic carbocycles. The molecular weight excluding hydrogens is 417 g/mol. The molecule has 0 heterocycles. The first kappa shape index (κ1) is 28.6. The molecule has 2 atom stereocenters. The fraction of sp³-hybridized carbons (Fsp3) is 0.519. The minimum Gasteiger partial charge on any atom is -0.397 e. The van der Waals surface area contributed by atoms with Gasteiger partial charge in [-0.3, -0.25) is 4.79 Å². The Morgan fingerprint density at radius 3 is 2.58 bits per heavy atom. The first-order valence-corrected chi connectivity index (χ1v) is 11.9. The number of benzene rings is 1. The molecule has 0 radical (unpaired) electrons. The summed E-state index contributed by atoms with van der Waals surface area (Å²) in [6.45, 7) is 12.3. The third-order valence-corrected chi connectivity index (χ3v) is 6.06. The van der Waals surface area contributed by atoms with Crippen molar-refractivity contribution in [3.8, 4) is 0 Å². The Morgan fingerprint density at radius 1 is 1.30 bits per heavy atom. The number of nitrogens with two attached hydrogens (primary N) is 2. The highest BCUT2D eigenvalue weighted by Gasteiger charge is 2.17. The van der Waals surface area contributed by atoms with E-state index in [-0.39, 0.29) is 30.0 Å². The predicted molar refractivity (Wildman–Crippen MR) is 135 cm³/mol. The van der Waals surface area contributed by atoms with Crippen LogP contribution in [0.5, 0.6) is 0 Å². The fourth-order valence-electron chi connectivity index (χ4n) is 3.71. The van der Waals surface area contributed by atoms with Crippen molar-refractivity contribution in [1.82, 2.24) is 5.01 Å². The van der Waals surface area contributed by atoms with E-state index in [0.29, 0.717) is 35.4 Å². The zero-order chi connectivity index (χ0) is 25.0. The first-order chi connectivity index (χ1) is 15.6. The van der Waals surface area contributed by atoms with E-state index in [9.17, 15) is 14.3 Å². The molecule has 0 spiro atoms. The summed E-state index contributed by atoms with van der Waals surface area (Å²) >= 11 is 0. The maximum atomic E-state index is 13.6. The number of carbonyl (C=O) groups is 1. The second kappa shape index (κ2) is 14.7. The lowest BCUT2D eigenvalue weighted by molar-refractivity contribution is -0.115. The topological polar surface area (TPSA) is 92.6 Å². The number of halogens is 1. The summed E-state index contributed by atoms with van der Waals surface area (Å²) < 4.78 is 13.6. The van der Waals surface area contributed by atoms with Gasteiger partial charge in [-0.05, 0) is 85.8 Å². The van der Waals surface area contributed by atoms with Gasteiger partial charge < -0.3 is 15.8 Å². The molecule has 1 rings (SSSR count). The van der Waals surface area contributed by atoms with Crippen LogP contribution < -0.4 is 11.6 Å². The summed E-state index contributed by atoms with van der Waals surface area (Å²) in [4.78, 5) is 12.1. The van der Waals surface area contributed by atoms with Crippen molar-refractivity contribution < 1.29 is 14.3 Å². The number of aryl methyl sites for hydroxylation is 1. The molecule has 0 aliphatic rings. The molecule has 5 N–H and O–H groups in total. The van der Waals surface area contributed by atoms with Crippen LogP contribution in [0.4, 0.5) is 4.39 Å². The zero-order valence-electron chi connectivity index (χ0n) is 20.7. The molecule has 184 valence electrons. The molecule has 0 saturated heterocycles. The van der Waals surface area contributed by atoms with Gasteiger partial charge in [-0.1, -0.05) is 39.0 Å². The zero-order valence-corrected chi connectivity index (χ0v) is 20.7. The van der Waals surface area contributed by atoms with Crippen molar-refractivity contribution in [2.75, 3.05) is 13.2 Å². The molecule has 0 amide bonds. The summed E-state index contributed by atoms with van der Waals surface area (Å²) in [6.07, 6.45) is 8.51. The third kappa shape index (κ3) is 9.93. The van der Waals surface area contributed by atoms with Crippen molar-refractivity contribution in [2.45, 2.75) is 66.2 Å². The molecule has 2 unspecified atom stereocenters. The number of carbonyl (C=O) groups excluding carboxylic acids is 1. The minimum absolute atomic E-state index is 0.120. The van der Waals surface area contributed by atoms with Gasteiger partial charge in [0.1, 0.15) is 5.82 Å². The van der Waals surface area contributed by atoms with Gasteiger partial charge in [0, 0.05) is 19.2 Å².